The topological polar surface area (TPSA) is 32.8 Å². The number of carbonyl (C=O) groups excluding carboxylic acids is 1. The number of ether oxygens (including phenoxy) is 1. The van der Waals surface area contributed by atoms with Crippen LogP contribution in [0.25, 0.3) is 0 Å². The number of nitrogens with zero attached hydrogens (tertiary/aromatic N) is 2. The number of rotatable bonds is 3. The van der Waals surface area contributed by atoms with Crippen LogP contribution in [0, 0.1) is 0 Å². The summed E-state index contributed by atoms with van der Waals surface area (Å²) in [6.45, 7) is 3.09. The first kappa shape index (κ1) is 15.1. The Hall–Kier alpha value is -1.81. The minimum absolute atomic E-state index is 0.276. The first-order valence-corrected chi connectivity index (χ1v) is 8.11. The fourth-order valence-electron chi connectivity index (χ4n) is 3.39. The Kier molecular flexibility index (Phi) is 4.78. The minimum Gasteiger partial charge on any atom is -0.465 e. The number of esters is 1. The summed E-state index contributed by atoms with van der Waals surface area (Å²) in [6, 6.07) is 7.77. The van der Waals surface area contributed by atoms with Crippen LogP contribution in [0.15, 0.2) is 36.5 Å². The van der Waals surface area contributed by atoms with Crippen molar-refractivity contribution in [1.82, 2.24) is 9.80 Å². The van der Waals surface area contributed by atoms with Crippen LogP contribution < -0.4 is 0 Å². The van der Waals surface area contributed by atoms with Gasteiger partial charge in [0.25, 0.3) is 0 Å². The molecule has 4 heteroatoms. The van der Waals surface area contributed by atoms with Crippen LogP contribution in [0.4, 0.5) is 0 Å². The summed E-state index contributed by atoms with van der Waals surface area (Å²) in [4.78, 5) is 16.5. The number of hydrogen-bond acceptors (Lipinski definition) is 4. The van der Waals surface area contributed by atoms with Crippen molar-refractivity contribution in [3.8, 4) is 0 Å². The third-order valence-corrected chi connectivity index (χ3v) is 4.58. The van der Waals surface area contributed by atoms with E-state index in [4.69, 9.17) is 4.74 Å². The molecule has 0 amide bonds. The minimum atomic E-state index is -0.276. The number of benzene rings is 1. The van der Waals surface area contributed by atoms with Crippen LogP contribution in [-0.4, -0.2) is 42.1 Å². The maximum atomic E-state index is 11.5. The Balaban J connectivity index is 1.69. The van der Waals surface area contributed by atoms with Crippen LogP contribution in [0.2, 0.25) is 0 Å². The summed E-state index contributed by atoms with van der Waals surface area (Å²) in [7, 11) is 1.41. The normalized spacial score (nSPS) is 22.0. The van der Waals surface area contributed by atoms with E-state index < -0.39 is 0 Å². The van der Waals surface area contributed by atoms with Gasteiger partial charge in [-0.3, -0.25) is 4.90 Å². The van der Waals surface area contributed by atoms with E-state index in [1.807, 2.05) is 24.3 Å². The lowest BCUT2D eigenvalue weighted by atomic mass is 10.1. The molecule has 4 nitrogen and oxygen atoms in total. The van der Waals surface area contributed by atoms with Crippen molar-refractivity contribution in [1.29, 1.82) is 0 Å². The van der Waals surface area contributed by atoms with E-state index in [1.165, 1.54) is 44.9 Å². The highest BCUT2D eigenvalue weighted by Crippen LogP contribution is 2.24. The maximum Gasteiger partial charge on any atom is 0.337 e. The average molecular weight is 300 g/mol. The van der Waals surface area contributed by atoms with Crippen LogP contribution in [0.5, 0.6) is 0 Å². The van der Waals surface area contributed by atoms with Crippen LogP contribution >= 0.6 is 0 Å². The van der Waals surface area contributed by atoms with Gasteiger partial charge in [-0.15, -0.1) is 0 Å². The molecule has 2 heterocycles. The predicted molar refractivity (Wildman–Crippen MR) is 86.3 cm³/mol. The summed E-state index contributed by atoms with van der Waals surface area (Å²) in [5.74, 6) is -0.276. The molecule has 2 aliphatic heterocycles. The Morgan fingerprint density at radius 2 is 2.05 bits per heavy atom. The third kappa shape index (κ3) is 3.33. The summed E-state index contributed by atoms with van der Waals surface area (Å²) in [5.41, 5.74) is 1.85. The number of hydrogen-bond donors (Lipinski definition) is 0. The van der Waals surface area contributed by atoms with Crippen LogP contribution in [0.3, 0.4) is 0 Å². The molecule has 2 aliphatic rings. The lowest BCUT2D eigenvalue weighted by Crippen LogP contribution is -2.47. The van der Waals surface area contributed by atoms with Gasteiger partial charge in [-0.1, -0.05) is 24.6 Å². The maximum absolute atomic E-state index is 11.5. The average Bonchev–Trinajstić information content (AvgIpc) is 2.81. The SMILES string of the molecule is COC(=O)c1ccc(CN2CC=CN3CCCCCC32)cc1. The molecule has 1 unspecified atom stereocenters. The molecular formula is C18H24N2O2. The highest BCUT2D eigenvalue weighted by molar-refractivity contribution is 5.89. The van der Waals surface area contributed by atoms with E-state index in [1.54, 1.807) is 0 Å². The monoisotopic (exact) mass is 300 g/mol. The van der Waals surface area contributed by atoms with E-state index in [0.717, 1.165) is 13.1 Å². The number of methoxy groups -OCH3 is 1. The van der Waals surface area contributed by atoms with Crippen molar-refractivity contribution < 1.29 is 9.53 Å². The lowest BCUT2D eigenvalue weighted by molar-refractivity contribution is 0.0600. The van der Waals surface area contributed by atoms with E-state index in [-0.39, 0.29) is 5.97 Å². The van der Waals surface area contributed by atoms with Gasteiger partial charge in [-0.2, -0.15) is 0 Å². The molecule has 1 aromatic rings. The first-order chi connectivity index (χ1) is 10.8. The molecule has 1 fully saturated rings. The molecule has 1 atom stereocenters. The first-order valence-electron chi connectivity index (χ1n) is 8.11. The number of fused-ring (bicyclic) bond motifs is 1. The lowest BCUT2D eigenvalue weighted by Gasteiger charge is -2.41. The van der Waals surface area contributed by atoms with Gasteiger partial charge in [0.15, 0.2) is 0 Å². The summed E-state index contributed by atoms with van der Waals surface area (Å²) in [5, 5.41) is 0. The molecule has 22 heavy (non-hydrogen) atoms. The molecule has 3 rings (SSSR count). The van der Waals surface area contributed by atoms with Gasteiger partial charge < -0.3 is 9.64 Å². The van der Waals surface area contributed by atoms with Crippen LogP contribution in [0.1, 0.15) is 41.6 Å². The van der Waals surface area contributed by atoms with Gasteiger partial charge in [-0.25, -0.2) is 4.79 Å². The fourth-order valence-corrected chi connectivity index (χ4v) is 3.39. The molecule has 1 saturated heterocycles. The van der Waals surface area contributed by atoms with E-state index in [2.05, 4.69) is 22.1 Å². The number of carbonyl (C=O) groups is 1. The second-order valence-corrected chi connectivity index (χ2v) is 6.07. The fraction of sp³-hybridized carbons (Fsp3) is 0.500. The van der Waals surface area contributed by atoms with Crippen molar-refractivity contribution in [3.63, 3.8) is 0 Å². The Morgan fingerprint density at radius 1 is 1.23 bits per heavy atom. The molecule has 0 spiro atoms. The largest absolute Gasteiger partial charge is 0.465 e. The van der Waals surface area contributed by atoms with E-state index >= 15 is 0 Å². The van der Waals surface area contributed by atoms with Gasteiger partial charge >= 0.3 is 5.97 Å². The molecule has 1 aromatic carbocycles. The van der Waals surface area contributed by atoms with Gasteiger partial charge in [0, 0.05) is 19.6 Å². The van der Waals surface area contributed by atoms with Crippen LogP contribution in [-0.2, 0) is 11.3 Å². The van der Waals surface area contributed by atoms with Crippen molar-refractivity contribution in [2.45, 2.75) is 38.4 Å². The standard InChI is InChI=1S/C18H24N2O2/c1-22-18(21)16-9-7-15(8-10-16)14-20-13-5-12-19-11-4-2-3-6-17(19)20/h5,7-10,12,17H,2-4,6,11,13-14H2,1H3. The highest BCUT2D eigenvalue weighted by atomic mass is 16.5. The van der Waals surface area contributed by atoms with Gasteiger partial charge in [0.2, 0.25) is 0 Å². The zero-order valence-electron chi connectivity index (χ0n) is 13.2. The Bertz CT molecular complexity index is 539. The molecule has 118 valence electrons. The molecule has 0 radical (unpaired) electrons. The zero-order valence-corrected chi connectivity index (χ0v) is 13.2. The van der Waals surface area contributed by atoms with E-state index in [0.29, 0.717) is 11.7 Å². The van der Waals surface area contributed by atoms with Crippen molar-refractivity contribution in [2.24, 2.45) is 0 Å². The highest BCUT2D eigenvalue weighted by Gasteiger charge is 2.26. The molecule has 0 bridgehead atoms. The third-order valence-electron chi connectivity index (χ3n) is 4.58. The molecule has 0 saturated carbocycles. The van der Waals surface area contributed by atoms with Crippen molar-refractivity contribution in [2.75, 3.05) is 20.2 Å². The van der Waals surface area contributed by atoms with Gasteiger partial charge in [-0.05, 0) is 43.2 Å². The summed E-state index contributed by atoms with van der Waals surface area (Å²) < 4.78 is 4.75. The second-order valence-electron chi connectivity index (χ2n) is 6.07. The smallest absolute Gasteiger partial charge is 0.337 e. The summed E-state index contributed by atoms with van der Waals surface area (Å²) in [6.07, 6.45) is 10.2. The Morgan fingerprint density at radius 3 is 2.82 bits per heavy atom. The Labute approximate surface area is 132 Å². The van der Waals surface area contributed by atoms with Gasteiger partial charge in [0.05, 0.1) is 18.8 Å². The molecule has 0 N–H and O–H groups in total. The molecule has 0 aromatic heterocycles. The zero-order chi connectivity index (χ0) is 15.4. The molecule has 0 aliphatic carbocycles. The second kappa shape index (κ2) is 6.97. The van der Waals surface area contributed by atoms with Gasteiger partial charge in [0.1, 0.15) is 0 Å². The van der Waals surface area contributed by atoms with Crippen molar-refractivity contribution in [3.05, 3.63) is 47.7 Å². The summed E-state index contributed by atoms with van der Waals surface area (Å²) >= 11 is 0. The quantitative estimate of drug-likeness (QED) is 0.803. The van der Waals surface area contributed by atoms with E-state index in [9.17, 15) is 4.79 Å². The van der Waals surface area contributed by atoms with Crippen molar-refractivity contribution >= 4 is 5.97 Å². The molecular weight excluding hydrogens is 276 g/mol. The predicted octanol–water partition coefficient (Wildman–Crippen LogP) is 3.00.